The molecular formula is C24H33F3N2O6S2. The van der Waals surface area contributed by atoms with Crippen molar-refractivity contribution < 1.29 is 41.5 Å². The molecule has 0 aliphatic rings. The number of aliphatic hydroxyl groups is 1. The highest BCUT2D eigenvalue weighted by Gasteiger charge is 2.57. The van der Waals surface area contributed by atoms with Crippen LogP contribution in [-0.4, -0.2) is 60.7 Å². The Labute approximate surface area is 220 Å². The number of esters is 1. The molecule has 0 aliphatic heterocycles. The Bertz CT molecular complexity index is 1120. The molecule has 1 aromatic heterocycles. The van der Waals surface area contributed by atoms with E-state index in [1.54, 1.807) is 59.7 Å². The second-order valence-corrected chi connectivity index (χ2v) is 13.0. The number of carbonyl (C=O) groups excluding carboxylic acids is 2. The molecule has 0 bridgehead atoms. The van der Waals surface area contributed by atoms with Crippen LogP contribution in [0.25, 0.3) is 10.1 Å². The molecule has 0 radical (unpaired) electrons. The maximum absolute atomic E-state index is 14.0. The Hall–Kier alpha value is -2.25. The van der Waals surface area contributed by atoms with Crippen LogP contribution >= 0.6 is 11.5 Å². The number of nitrogens with one attached hydrogen (secondary N) is 1. The molecule has 0 spiro atoms. The maximum Gasteiger partial charge on any atom is 0.423 e. The second kappa shape index (κ2) is 11.6. The van der Waals surface area contributed by atoms with Crippen molar-refractivity contribution in [3.05, 3.63) is 30.0 Å². The molecule has 2 N–H and O–H groups in total. The lowest BCUT2D eigenvalue weighted by Gasteiger charge is -2.29. The van der Waals surface area contributed by atoms with Gasteiger partial charge in [-0.05, 0) is 65.6 Å². The Morgan fingerprint density at radius 1 is 1.05 bits per heavy atom. The number of benzene rings is 1. The summed E-state index contributed by atoms with van der Waals surface area (Å²) in [4.78, 5) is 24.8. The van der Waals surface area contributed by atoms with E-state index in [9.17, 15) is 32.1 Å². The quantitative estimate of drug-likeness (QED) is 0.419. The van der Waals surface area contributed by atoms with Crippen LogP contribution in [0.15, 0.2) is 24.3 Å². The summed E-state index contributed by atoms with van der Waals surface area (Å²) >= 11 is 0.833. The number of aromatic nitrogens is 1. The highest BCUT2D eigenvalue weighted by atomic mass is 32.2. The van der Waals surface area contributed by atoms with Gasteiger partial charge in [-0.2, -0.15) is 17.5 Å². The summed E-state index contributed by atoms with van der Waals surface area (Å²) in [7, 11) is -1.88. The average molecular weight is 567 g/mol. The van der Waals surface area contributed by atoms with Gasteiger partial charge in [-0.3, -0.25) is 4.21 Å². The van der Waals surface area contributed by atoms with Crippen LogP contribution in [0, 0.1) is 0 Å². The minimum atomic E-state index is -5.06. The first-order valence-electron chi connectivity index (χ1n) is 11.5. The second-order valence-electron chi connectivity index (χ2n) is 10.5. The van der Waals surface area contributed by atoms with Crippen LogP contribution in [0.4, 0.5) is 18.0 Å². The van der Waals surface area contributed by atoms with Gasteiger partial charge in [-0.25, -0.2) is 9.59 Å². The van der Waals surface area contributed by atoms with E-state index >= 15 is 0 Å². The molecule has 37 heavy (non-hydrogen) atoms. The fourth-order valence-corrected chi connectivity index (χ4v) is 5.33. The van der Waals surface area contributed by atoms with Gasteiger partial charge in [0.25, 0.3) is 0 Å². The van der Waals surface area contributed by atoms with Gasteiger partial charge in [0, 0.05) is 34.1 Å². The van der Waals surface area contributed by atoms with Gasteiger partial charge in [-0.1, -0.05) is 18.2 Å². The first kappa shape index (κ1) is 31.0. The minimum Gasteiger partial charge on any atom is -0.458 e. The van der Waals surface area contributed by atoms with Crippen molar-refractivity contribution in [3.63, 3.8) is 0 Å². The van der Waals surface area contributed by atoms with Gasteiger partial charge in [0.2, 0.25) is 5.60 Å². The summed E-state index contributed by atoms with van der Waals surface area (Å²) in [6.45, 7) is 9.81. The lowest BCUT2D eigenvalue weighted by Crippen LogP contribution is -2.47. The molecular weight excluding hydrogens is 533 g/mol. The summed E-state index contributed by atoms with van der Waals surface area (Å²) in [6.07, 6.45) is -7.03. The van der Waals surface area contributed by atoms with E-state index in [1.807, 2.05) is 0 Å². The molecule has 1 heterocycles. The molecule has 208 valence electrons. The Morgan fingerprint density at radius 3 is 2.22 bits per heavy atom. The van der Waals surface area contributed by atoms with Crippen molar-refractivity contribution in [2.45, 2.75) is 83.4 Å². The largest absolute Gasteiger partial charge is 0.458 e. The van der Waals surface area contributed by atoms with E-state index in [0.717, 1.165) is 11.5 Å². The van der Waals surface area contributed by atoms with Gasteiger partial charge in [0.05, 0.1) is 4.70 Å². The van der Waals surface area contributed by atoms with Crippen LogP contribution in [-0.2, 0) is 30.7 Å². The van der Waals surface area contributed by atoms with Gasteiger partial charge in [0.15, 0.2) is 0 Å². The molecule has 3 atom stereocenters. The number of carbonyl (C=O) groups is 2. The number of hydrogen-bond donors (Lipinski definition) is 2. The van der Waals surface area contributed by atoms with Crippen molar-refractivity contribution in [1.82, 2.24) is 9.69 Å². The van der Waals surface area contributed by atoms with Crippen LogP contribution < -0.4 is 5.32 Å². The standard InChI is InChI=1S/C24H33F3N2O6S2/c1-21(2,3)34-19(30)16(28-20(31)35-22(4,5)6)11-13-37(33)14-12-23(32,24(25,26)27)18-15-9-7-8-10-17(15)36-29-18/h7-10,16,32H,11-14H2,1-6H3,(H,28,31). The lowest BCUT2D eigenvalue weighted by atomic mass is 9.93. The molecule has 1 amide bonds. The van der Waals surface area contributed by atoms with Crippen molar-refractivity contribution in [2.24, 2.45) is 0 Å². The third kappa shape index (κ3) is 8.92. The highest BCUT2D eigenvalue weighted by Crippen LogP contribution is 2.44. The summed E-state index contributed by atoms with van der Waals surface area (Å²) in [5.41, 5.74) is -5.55. The fourth-order valence-electron chi connectivity index (χ4n) is 3.26. The zero-order valence-corrected chi connectivity index (χ0v) is 23.2. The van der Waals surface area contributed by atoms with Gasteiger partial charge in [0.1, 0.15) is 22.9 Å². The van der Waals surface area contributed by atoms with Gasteiger partial charge in [-0.15, -0.1) is 0 Å². The minimum absolute atomic E-state index is 0.171. The predicted molar refractivity (Wildman–Crippen MR) is 136 cm³/mol. The molecule has 2 aromatic rings. The van der Waals surface area contributed by atoms with Crippen molar-refractivity contribution in [3.8, 4) is 0 Å². The molecule has 3 unspecified atom stereocenters. The number of hydrogen-bond acceptors (Lipinski definition) is 8. The zero-order valence-electron chi connectivity index (χ0n) is 21.6. The maximum atomic E-state index is 14.0. The smallest absolute Gasteiger partial charge is 0.423 e. The summed E-state index contributed by atoms with van der Waals surface area (Å²) < 4.78 is 69.5. The highest BCUT2D eigenvalue weighted by molar-refractivity contribution is 7.84. The van der Waals surface area contributed by atoms with E-state index < -0.39 is 69.8 Å². The molecule has 2 rings (SSSR count). The van der Waals surface area contributed by atoms with E-state index in [2.05, 4.69) is 9.69 Å². The Kier molecular flexibility index (Phi) is 9.75. The van der Waals surface area contributed by atoms with E-state index in [4.69, 9.17) is 9.47 Å². The predicted octanol–water partition coefficient (Wildman–Crippen LogP) is 4.81. The Balaban J connectivity index is 2.13. The lowest BCUT2D eigenvalue weighted by molar-refractivity contribution is -0.268. The summed E-state index contributed by atoms with van der Waals surface area (Å²) in [5, 5.41) is 13.3. The number of rotatable bonds is 9. The van der Waals surface area contributed by atoms with Crippen molar-refractivity contribution in [1.29, 1.82) is 0 Å². The van der Waals surface area contributed by atoms with Gasteiger partial charge < -0.3 is 19.9 Å². The summed E-state index contributed by atoms with van der Waals surface area (Å²) in [5.74, 6) is -1.54. The molecule has 1 aromatic carbocycles. The number of fused-ring (bicyclic) bond motifs is 1. The first-order chi connectivity index (χ1) is 16.8. The summed E-state index contributed by atoms with van der Waals surface area (Å²) in [6, 6.07) is 5.00. The number of nitrogens with zero attached hydrogens (tertiary/aromatic N) is 1. The number of amides is 1. The average Bonchev–Trinajstić information content (AvgIpc) is 3.16. The van der Waals surface area contributed by atoms with E-state index in [0.29, 0.717) is 4.70 Å². The fraction of sp³-hybridized carbons (Fsp3) is 0.625. The molecule has 0 saturated heterocycles. The molecule has 13 heteroatoms. The van der Waals surface area contributed by atoms with Gasteiger partial charge >= 0.3 is 18.2 Å². The van der Waals surface area contributed by atoms with Crippen molar-refractivity contribution in [2.75, 3.05) is 11.5 Å². The third-order valence-electron chi connectivity index (χ3n) is 4.95. The van der Waals surface area contributed by atoms with Crippen LogP contribution in [0.1, 0.15) is 60.1 Å². The molecule has 8 nitrogen and oxygen atoms in total. The van der Waals surface area contributed by atoms with E-state index in [-0.39, 0.29) is 17.6 Å². The molecule has 0 fully saturated rings. The van der Waals surface area contributed by atoms with Crippen LogP contribution in [0.3, 0.4) is 0 Å². The first-order valence-corrected chi connectivity index (χ1v) is 13.8. The SMILES string of the molecule is CC(C)(C)OC(=O)NC(CCS(=O)CCC(O)(c1nsc2ccccc12)C(F)(F)F)C(=O)OC(C)(C)C. The molecule has 0 aliphatic carbocycles. The number of halogens is 3. The number of alkyl halides is 3. The van der Waals surface area contributed by atoms with E-state index in [1.165, 1.54) is 6.07 Å². The normalized spacial score (nSPS) is 16.1. The monoisotopic (exact) mass is 566 g/mol. The number of alkyl carbamates (subject to hydrolysis) is 1. The van der Waals surface area contributed by atoms with Crippen molar-refractivity contribution >= 4 is 44.5 Å². The zero-order chi connectivity index (χ0) is 28.2. The van der Waals surface area contributed by atoms with Crippen LogP contribution in [0.5, 0.6) is 0 Å². The third-order valence-corrected chi connectivity index (χ3v) is 7.12. The number of ether oxygens (including phenoxy) is 2. The topological polar surface area (TPSA) is 115 Å². The molecule has 0 saturated carbocycles. The Morgan fingerprint density at radius 2 is 1.65 bits per heavy atom. The van der Waals surface area contributed by atoms with Crippen LogP contribution in [0.2, 0.25) is 0 Å².